The minimum atomic E-state index is -0.755. The first-order chi connectivity index (χ1) is 8.59. The van der Waals surface area contributed by atoms with Gasteiger partial charge in [0, 0.05) is 12.3 Å². The zero-order chi connectivity index (χ0) is 13.0. The van der Waals surface area contributed by atoms with Crippen LogP contribution in [0.2, 0.25) is 0 Å². The van der Waals surface area contributed by atoms with E-state index in [4.69, 9.17) is 0 Å². The summed E-state index contributed by atoms with van der Waals surface area (Å²) in [5, 5.41) is 10.6. The van der Waals surface area contributed by atoms with Crippen LogP contribution < -0.4 is 0 Å². The van der Waals surface area contributed by atoms with Crippen molar-refractivity contribution in [1.82, 2.24) is 0 Å². The molecular weight excluding hydrogens is 224 g/mol. The molecule has 1 N–H and O–H groups in total. The summed E-state index contributed by atoms with van der Waals surface area (Å²) in [6.45, 7) is 1.89. The second kappa shape index (κ2) is 6.18. The van der Waals surface area contributed by atoms with Crippen LogP contribution in [0.25, 0.3) is 0 Å². The standard InChI is InChI=1S/C16H28O2/c1-16(18,14-10-6-3-7-11-14)12-15(17)13-8-4-2-5-9-13/h13-14,18H,2-12H2,1H3. The summed E-state index contributed by atoms with van der Waals surface area (Å²) in [6, 6.07) is 0. The van der Waals surface area contributed by atoms with Gasteiger partial charge in [-0.3, -0.25) is 4.79 Å². The third kappa shape index (κ3) is 3.57. The van der Waals surface area contributed by atoms with Crippen molar-refractivity contribution >= 4 is 5.78 Å². The van der Waals surface area contributed by atoms with Gasteiger partial charge < -0.3 is 5.11 Å². The summed E-state index contributed by atoms with van der Waals surface area (Å²) in [4.78, 5) is 12.3. The molecule has 1 unspecified atom stereocenters. The van der Waals surface area contributed by atoms with Crippen LogP contribution in [0.3, 0.4) is 0 Å². The van der Waals surface area contributed by atoms with Crippen LogP contribution in [0.5, 0.6) is 0 Å². The maximum atomic E-state index is 12.3. The van der Waals surface area contributed by atoms with Crippen LogP contribution in [0.1, 0.15) is 77.6 Å². The number of rotatable bonds is 4. The summed E-state index contributed by atoms with van der Waals surface area (Å²) in [6.07, 6.45) is 12.1. The average molecular weight is 252 g/mol. The Bertz CT molecular complexity index is 271. The zero-order valence-electron chi connectivity index (χ0n) is 11.8. The van der Waals surface area contributed by atoms with E-state index in [1.165, 1.54) is 38.5 Å². The van der Waals surface area contributed by atoms with Crippen molar-refractivity contribution in [2.24, 2.45) is 11.8 Å². The molecule has 2 aliphatic rings. The van der Waals surface area contributed by atoms with Gasteiger partial charge in [-0.1, -0.05) is 38.5 Å². The minimum absolute atomic E-state index is 0.244. The van der Waals surface area contributed by atoms with E-state index < -0.39 is 5.60 Å². The average Bonchev–Trinajstić information content (AvgIpc) is 2.40. The van der Waals surface area contributed by atoms with Crippen LogP contribution in [0.15, 0.2) is 0 Å². The Hall–Kier alpha value is -0.370. The van der Waals surface area contributed by atoms with E-state index in [0.29, 0.717) is 18.1 Å². The van der Waals surface area contributed by atoms with Crippen molar-refractivity contribution in [2.75, 3.05) is 0 Å². The molecule has 0 bridgehead atoms. The Kier molecular flexibility index (Phi) is 4.83. The van der Waals surface area contributed by atoms with Gasteiger partial charge in [-0.25, -0.2) is 0 Å². The number of hydrogen-bond donors (Lipinski definition) is 1. The largest absolute Gasteiger partial charge is 0.389 e. The predicted molar refractivity (Wildman–Crippen MR) is 73.4 cm³/mol. The first kappa shape index (κ1) is 14.0. The molecule has 2 aliphatic carbocycles. The number of ketones is 1. The number of carbonyl (C=O) groups is 1. The molecular formula is C16H28O2. The molecule has 18 heavy (non-hydrogen) atoms. The Labute approximate surface area is 111 Å². The summed E-state index contributed by atoms with van der Waals surface area (Å²) in [5.41, 5.74) is -0.755. The monoisotopic (exact) mass is 252 g/mol. The van der Waals surface area contributed by atoms with Gasteiger partial charge in [0.1, 0.15) is 5.78 Å². The van der Waals surface area contributed by atoms with Crippen molar-refractivity contribution in [3.63, 3.8) is 0 Å². The van der Waals surface area contributed by atoms with E-state index in [1.807, 2.05) is 6.92 Å². The first-order valence-corrected chi connectivity index (χ1v) is 7.85. The zero-order valence-corrected chi connectivity index (χ0v) is 11.8. The smallest absolute Gasteiger partial charge is 0.138 e. The molecule has 0 saturated heterocycles. The lowest BCUT2D eigenvalue weighted by atomic mass is 9.73. The summed E-state index contributed by atoms with van der Waals surface area (Å²) >= 11 is 0. The molecule has 0 heterocycles. The molecule has 2 nitrogen and oxygen atoms in total. The van der Waals surface area contributed by atoms with Gasteiger partial charge >= 0.3 is 0 Å². The van der Waals surface area contributed by atoms with Crippen LogP contribution in [0.4, 0.5) is 0 Å². The molecule has 0 aromatic carbocycles. The van der Waals surface area contributed by atoms with Gasteiger partial charge in [0.05, 0.1) is 5.60 Å². The van der Waals surface area contributed by atoms with Crippen molar-refractivity contribution in [3.05, 3.63) is 0 Å². The van der Waals surface area contributed by atoms with E-state index in [1.54, 1.807) is 0 Å². The normalized spacial score (nSPS) is 26.8. The molecule has 2 rings (SSSR count). The van der Waals surface area contributed by atoms with Gasteiger partial charge in [-0.2, -0.15) is 0 Å². The van der Waals surface area contributed by atoms with Gasteiger partial charge in [0.15, 0.2) is 0 Å². The Morgan fingerprint density at radius 2 is 1.50 bits per heavy atom. The molecule has 0 aromatic heterocycles. The maximum absolute atomic E-state index is 12.3. The summed E-state index contributed by atoms with van der Waals surface area (Å²) in [5.74, 6) is 0.915. The van der Waals surface area contributed by atoms with E-state index in [-0.39, 0.29) is 5.92 Å². The lowest BCUT2D eigenvalue weighted by molar-refractivity contribution is -0.131. The van der Waals surface area contributed by atoms with Gasteiger partial charge in [0.25, 0.3) is 0 Å². The van der Waals surface area contributed by atoms with E-state index in [2.05, 4.69) is 0 Å². The SMILES string of the molecule is CC(O)(CC(=O)C1CCCCC1)C1CCCCC1. The van der Waals surface area contributed by atoms with Crippen molar-refractivity contribution in [3.8, 4) is 0 Å². The minimum Gasteiger partial charge on any atom is -0.389 e. The van der Waals surface area contributed by atoms with Crippen molar-refractivity contribution in [1.29, 1.82) is 0 Å². The fourth-order valence-electron chi connectivity index (χ4n) is 3.79. The Morgan fingerprint density at radius 3 is 2.06 bits per heavy atom. The highest BCUT2D eigenvalue weighted by atomic mass is 16.3. The second-order valence-corrected chi connectivity index (χ2v) is 6.67. The molecule has 1 atom stereocenters. The highest BCUT2D eigenvalue weighted by molar-refractivity contribution is 5.82. The third-order valence-corrected chi connectivity index (χ3v) is 5.08. The summed E-state index contributed by atoms with van der Waals surface area (Å²) in [7, 11) is 0. The fourth-order valence-corrected chi connectivity index (χ4v) is 3.79. The lowest BCUT2D eigenvalue weighted by Gasteiger charge is -2.36. The highest BCUT2D eigenvalue weighted by Crippen LogP contribution is 2.36. The predicted octanol–water partition coefficient (Wildman–Crippen LogP) is 3.86. The Morgan fingerprint density at radius 1 is 1.00 bits per heavy atom. The van der Waals surface area contributed by atoms with Crippen molar-refractivity contribution < 1.29 is 9.90 Å². The molecule has 0 radical (unpaired) electrons. The van der Waals surface area contributed by atoms with E-state index >= 15 is 0 Å². The van der Waals surface area contributed by atoms with E-state index in [0.717, 1.165) is 25.7 Å². The van der Waals surface area contributed by atoms with E-state index in [9.17, 15) is 9.90 Å². The molecule has 2 saturated carbocycles. The van der Waals surface area contributed by atoms with Crippen molar-refractivity contribution in [2.45, 2.75) is 83.2 Å². The van der Waals surface area contributed by atoms with Crippen LogP contribution in [-0.4, -0.2) is 16.5 Å². The fraction of sp³-hybridized carbons (Fsp3) is 0.938. The second-order valence-electron chi connectivity index (χ2n) is 6.67. The first-order valence-electron chi connectivity index (χ1n) is 7.85. The van der Waals surface area contributed by atoms with Gasteiger partial charge in [-0.15, -0.1) is 0 Å². The maximum Gasteiger partial charge on any atom is 0.138 e. The number of hydrogen-bond acceptors (Lipinski definition) is 2. The quantitative estimate of drug-likeness (QED) is 0.825. The van der Waals surface area contributed by atoms with Crippen LogP contribution in [-0.2, 0) is 4.79 Å². The third-order valence-electron chi connectivity index (χ3n) is 5.08. The molecule has 2 heteroatoms. The summed E-state index contributed by atoms with van der Waals surface area (Å²) < 4.78 is 0. The topological polar surface area (TPSA) is 37.3 Å². The lowest BCUT2D eigenvalue weighted by Crippen LogP contribution is -2.39. The molecule has 0 spiro atoms. The molecule has 0 aromatic rings. The van der Waals surface area contributed by atoms with Gasteiger partial charge in [-0.05, 0) is 38.5 Å². The van der Waals surface area contributed by atoms with Crippen LogP contribution >= 0.6 is 0 Å². The molecule has 2 fully saturated rings. The number of carbonyl (C=O) groups excluding carboxylic acids is 1. The Balaban J connectivity index is 1.87. The molecule has 104 valence electrons. The highest BCUT2D eigenvalue weighted by Gasteiger charge is 2.36. The number of aliphatic hydroxyl groups is 1. The molecule has 0 amide bonds. The molecule has 0 aliphatic heterocycles. The van der Waals surface area contributed by atoms with Crippen LogP contribution in [0, 0.1) is 11.8 Å². The number of Topliss-reactive ketones (excluding diaryl/α,β-unsaturated/α-hetero) is 1. The van der Waals surface area contributed by atoms with Gasteiger partial charge in [0.2, 0.25) is 0 Å².